The van der Waals surface area contributed by atoms with Crippen molar-refractivity contribution in [3.8, 4) is 5.75 Å². The maximum Gasteiger partial charge on any atom is 0.192 e. The van der Waals surface area contributed by atoms with Gasteiger partial charge in [0.25, 0.3) is 0 Å². The van der Waals surface area contributed by atoms with E-state index in [1.807, 2.05) is 17.7 Å². The van der Waals surface area contributed by atoms with Crippen molar-refractivity contribution >= 4 is 0 Å². The SMILES string of the molecule is CCn1c(C2CCc3[nH]ncc3C2)nnc1C(C)(C)Oc1c(F)cc(F)cc1F. The molecule has 0 aliphatic heterocycles. The molecule has 1 unspecified atom stereocenters. The number of ether oxygens (including phenoxy) is 1. The van der Waals surface area contributed by atoms with E-state index in [9.17, 15) is 13.2 Å². The molecule has 4 rings (SSSR count). The van der Waals surface area contributed by atoms with Crippen molar-refractivity contribution in [2.75, 3.05) is 0 Å². The molecule has 0 spiro atoms. The number of aryl methyl sites for hydroxylation is 1. The average Bonchev–Trinajstić information content (AvgIpc) is 3.30. The van der Waals surface area contributed by atoms with E-state index in [0.29, 0.717) is 24.5 Å². The van der Waals surface area contributed by atoms with Gasteiger partial charge in [0, 0.05) is 30.3 Å². The van der Waals surface area contributed by atoms with Gasteiger partial charge in [0.15, 0.2) is 28.8 Å². The minimum Gasteiger partial charge on any atom is -0.474 e. The molecule has 3 aromatic rings. The third-order valence-corrected chi connectivity index (χ3v) is 5.34. The smallest absolute Gasteiger partial charge is 0.192 e. The van der Waals surface area contributed by atoms with Crippen molar-refractivity contribution in [2.24, 2.45) is 0 Å². The molecule has 1 aromatic carbocycles. The third kappa shape index (κ3) is 3.49. The molecule has 0 bridgehead atoms. The zero-order chi connectivity index (χ0) is 20.8. The van der Waals surface area contributed by atoms with Crippen LogP contribution in [0.15, 0.2) is 18.3 Å². The van der Waals surface area contributed by atoms with Gasteiger partial charge in [-0.2, -0.15) is 5.10 Å². The Bertz CT molecular complexity index is 1020. The third-order valence-electron chi connectivity index (χ3n) is 5.34. The second-order valence-electron chi connectivity index (χ2n) is 7.75. The Morgan fingerprint density at radius 1 is 1.21 bits per heavy atom. The van der Waals surface area contributed by atoms with Crippen LogP contribution in [0.5, 0.6) is 5.75 Å². The summed E-state index contributed by atoms with van der Waals surface area (Å²) in [5.41, 5.74) is 1.13. The van der Waals surface area contributed by atoms with Crippen LogP contribution in [-0.4, -0.2) is 25.0 Å². The Hall–Kier alpha value is -2.84. The molecule has 0 fully saturated rings. The van der Waals surface area contributed by atoms with Crippen molar-refractivity contribution in [3.63, 3.8) is 0 Å². The van der Waals surface area contributed by atoms with E-state index < -0.39 is 28.8 Å². The van der Waals surface area contributed by atoms with Crippen LogP contribution >= 0.6 is 0 Å². The van der Waals surface area contributed by atoms with Gasteiger partial charge in [-0.1, -0.05) is 0 Å². The molecule has 1 aliphatic carbocycles. The number of benzene rings is 1. The molecule has 1 atom stereocenters. The average molecular weight is 405 g/mol. The molecule has 0 amide bonds. The number of rotatable bonds is 5. The molecule has 29 heavy (non-hydrogen) atoms. The number of fused-ring (bicyclic) bond motifs is 1. The van der Waals surface area contributed by atoms with Crippen LogP contribution in [0.1, 0.15) is 56.0 Å². The van der Waals surface area contributed by atoms with Gasteiger partial charge in [-0.3, -0.25) is 5.10 Å². The predicted octanol–water partition coefficient (Wildman–Crippen LogP) is 4.03. The van der Waals surface area contributed by atoms with Gasteiger partial charge >= 0.3 is 0 Å². The van der Waals surface area contributed by atoms with Crippen molar-refractivity contribution < 1.29 is 17.9 Å². The lowest BCUT2D eigenvalue weighted by atomic mass is 9.87. The molecule has 2 aromatic heterocycles. The highest BCUT2D eigenvalue weighted by Gasteiger charge is 2.35. The quantitative estimate of drug-likeness (QED) is 0.696. The Balaban J connectivity index is 1.65. The van der Waals surface area contributed by atoms with E-state index >= 15 is 0 Å². The molecule has 0 saturated carbocycles. The number of halogens is 3. The minimum absolute atomic E-state index is 0.163. The molecule has 1 N–H and O–H groups in total. The first-order valence-corrected chi connectivity index (χ1v) is 9.58. The number of nitrogens with one attached hydrogen (secondary N) is 1. The topological polar surface area (TPSA) is 68.6 Å². The summed E-state index contributed by atoms with van der Waals surface area (Å²) in [5, 5.41) is 15.8. The molecule has 9 heteroatoms. The fourth-order valence-corrected chi connectivity index (χ4v) is 3.94. The number of aromatic nitrogens is 5. The molecular weight excluding hydrogens is 383 g/mol. The highest BCUT2D eigenvalue weighted by atomic mass is 19.1. The Kier molecular flexibility index (Phi) is 4.84. The summed E-state index contributed by atoms with van der Waals surface area (Å²) in [6.45, 7) is 5.85. The van der Waals surface area contributed by atoms with E-state index in [1.54, 1.807) is 13.8 Å². The van der Waals surface area contributed by atoms with Crippen molar-refractivity contribution in [3.05, 3.63) is 58.7 Å². The Morgan fingerprint density at radius 2 is 1.93 bits per heavy atom. The fourth-order valence-electron chi connectivity index (χ4n) is 3.94. The summed E-state index contributed by atoms with van der Waals surface area (Å²) in [6.07, 6.45) is 4.41. The summed E-state index contributed by atoms with van der Waals surface area (Å²) < 4.78 is 48.9. The zero-order valence-electron chi connectivity index (χ0n) is 16.5. The zero-order valence-corrected chi connectivity index (χ0v) is 16.5. The van der Waals surface area contributed by atoms with Gasteiger partial charge in [0.05, 0.1) is 6.20 Å². The van der Waals surface area contributed by atoms with Gasteiger partial charge in [0.1, 0.15) is 11.6 Å². The lowest BCUT2D eigenvalue weighted by Gasteiger charge is -2.28. The van der Waals surface area contributed by atoms with Crippen LogP contribution in [-0.2, 0) is 25.0 Å². The summed E-state index contributed by atoms with van der Waals surface area (Å²) in [5.74, 6) is -2.40. The molecule has 6 nitrogen and oxygen atoms in total. The van der Waals surface area contributed by atoms with E-state index in [-0.39, 0.29) is 5.92 Å². The van der Waals surface area contributed by atoms with Crippen LogP contribution in [0.3, 0.4) is 0 Å². The van der Waals surface area contributed by atoms with Crippen LogP contribution in [0.25, 0.3) is 0 Å². The van der Waals surface area contributed by atoms with Gasteiger partial charge in [-0.15, -0.1) is 10.2 Å². The lowest BCUT2D eigenvalue weighted by molar-refractivity contribution is 0.0820. The summed E-state index contributed by atoms with van der Waals surface area (Å²) in [4.78, 5) is 0. The van der Waals surface area contributed by atoms with Crippen molar-refractivity contribution in [1.82, 2.24) is 25.0 Å². The predicted molar refractivity (Wildman–Crippen MR) is 99.0 cm³/mol. The van der Waals surface area contributed by atoms with Crippen LogP contribution in [0.4, 0.5) is 13.2 Å². The number of hydrogen-bond donors (Lipinski definition) is 1. The first-order chi connectivity index (χ1) is 13.8. The molecule has 0 radical (unpaired) electrons. The second kappa shape index (κ2) is 7.20. The van der Waals surface area contributed by atoms with Crippen molar-refractivity contribution in [1.29, 1.82) is 0 Å². The Labute approximate surface area is 166 Å². The van der Waals surface area contributed by atoms with Gasteiger partial charge in [-0.05, 0) is 45.6 Å². The highest BCUT2D eigenvalue weighted by Crippen LogP contribution is 2.35. The Morgan fingerprint density at radius 3 is 2.62 bits per heavy atom. The van der Waals surface area contributed by atoms with Gasteiger partial charge in [-0.25, -0.2) is 13.2 Å². The number of hydrogen-bond acceptors (Lipinski definition) is 4. The normalized spacial score (nSPS) is 16.7. The fraction of sp³-hybridized carbons (Fsp3) is 0.450. The highest BCUT2D eigenvalue weighted by molar-refractivity contribution is 5.29. The number of nitrogens with zero attached hydrogens (tertiary/aromatic N) is 4. The van der Waals surface area contributed by atoms with Crippen LogP contribution in [0, 0.1) is 17.5 Å². The summed E-state index contributed by atoms with van der Waals surface area (Å²) >= 11 is 0. The number of H-pyrrole nitrogens is 1. The van der Waals surface area contributed by atoms with E-state index in [0.717, 1.165) is 30.8 Å². The van der Waals surface area contributed by atoms with E-state index in [1.165, 1.54) is 5.56 Å². The molecule has 154 valence electrons. The molecule has 1 aliphatic rings. The lowest BCUT2D eigenvalue weighted by Crippen LogP contribution is -2.31. The van der Waals surface area contributed by atoms with E-state index in [4.69, 9.17) is 4.74 Å². The van der Waals surface area contributed by atoms with E-state index in [2.05, 4.69) is 20.4 Å². The summed E-state index contributed by atoms with van der Waals surface area (Å²) in [6, 6.07) is 1.18. The first kappa shape index (κ1) is 19.5. The van der Waals surface area contributed by atoms with Gasteiger partial charge < -0.3 is 9.30 Å². The van der Waals surface area contributed by atoms with Crippen LogP contribution in [0.2, 0.25) is 0 Å². The minimum atomic E-state index is -1.18. The van der Waals surface area contributed by atoms with Crippen LogP contribution < -0.4 is 4.74 Å². The monoisotopic (exact) mass is 405 g/mol. The maximum atomic E-state index is 14.1. The molecule has 2 heterocycles. The largest absolute Gasteiger partial charge is 0.474 e. The number of aromatic amines is 1. The maximum absolute atomic E-state index is 14.1. The standard InChI is InChI=1S/C20H22F3N5O/c1-4-28-18(11-5-6-16-12(7-11)10-24-25-16)26-27-19(28)20(2,3)29-17-14(22)8-13(21)9-15(17)23/h8-11H,4-7H2,1-3H3,(H,24,25). The summed E-state index contributed by atoms with van der Waals surface area (Å²) in [7, 11) is 0. The first-order valence-electron chi connectivity index (χ1n) is 9.58. The van der Waals surface area contributed by atoms with Gasteiger partial charge in [0.2, 0.25) is 0 Å². The van der Waals surface area contributed by atoms with Crippen molar-refractivity contribution in [2.45, 2.75) is 58.1 Å². The second-order valence-corrected chi connectivity index (χ2v) is 7.75. The molecule has 0 saturated heterocycles. The molecular formula is C20H22F3N5O.